The van der Waals surface area contributed by atoms with Crippen molar-refractivity contribution < 1.29 is 15.0 Å². The van der Waals surface area contributed by atoms with Crippen LogP contribution in [0.15, 0.2) is 53.5 Å². The summed E-state index contributed by atoms with van der Waals surface area (Å²) in [6.07, 6.45) is 1.71. The van der Waals surface area contributed by atoms with Crippen LogP contribution in [-0.2, 0) is 0 Å². The number of nitrogens with zero attached hydrogens (tertiary/aromatic N) is 2. The first-order valence-corrected chi connectivity index (χ1v) is 8.23. The number of aromatic nitrogens is 1. The fourth-order valence-corrected chi connectivity index (χ4v) is 3.00. The summed E-state index contributed by atoms with van der Waals surface area (Å²) in [5.74, 6) is -1.45. The average molecular weight is 348 g/mol. The van der Waals surface area contributed by atoms with Crippen LogP contribution in [0.2, 0.25) is 0 Å². The summed E-state index contributed by atoms with van der Waals surface area (Å²) >= 11 is 0. The third-order valence-corrected chi connectivity index (χ3v) is 4.29. The summed E-state index contributed by atoms with van der Waals surface area (Å²) in [6.45, 7) is 6.12. The number of carboxylic acids is 1. The van der Waals surface area contributed by atoms with Gasteiger partial charge in [0.2, 0.25) is 0 Å². The molecule has 0 saturated heterocycles. The molecule has 0 spiro atoms. The van der Waals surface area contributed by atoms with Crippen LogP contribution in [0.3, 0.4) is 0 Å². The van der Waals surface area contributed by atoms with Gasteiger partial charge in [0.15, 0.2) is 0 Å². The number of rotatable bonds is 4. The summed E-state index contributed by atoms with van der Waals surface area (Å²) < 4.78 is 2.16. The second kappa shape index (κ2) is 6.88. The normalized spacial score (nSPS) is 11.2. The molecule has 5 heteroatoms. The summed E-state index contributed by atoms with van der Waals surface area (Å²) in [6, 6.07) is 14.6. The first kappa shape index (κ1) is 17.5. The van der Waals surface area contributed by atoms with Crippen LogP contribution >= 0.6 is 0 Å². The zero-order valence-corrected chi connectivity index (χ0v) is 14.9. The van der Waals surface area contributed by atoms with Crippen LogP contribution < -0.4 is 0 Å². The minimum Gasteiger partial charge on any atom is -0.507 e. The maximum Gasteiger partial charge on any atom is 0.339 e. The fraction of sp³-hybridized carbons (Fsp3) is 0.143. The molecule has 2 N–H and O–H groups in total. The van der Waals surface area contributed by atoms with Crippen molar-refractivity contribution in [1.82, 2.24) is 4.57 Å². The topological polar surface area (TPSA) is 74.8 Å². The van der Waals surface area contributed by atoms with Crippen LogP contribution in [0.1, 0.15) is 32.9 Å². The van der Waals surface area contributed by atoms with Crippen molar-refractivity contribution in [2.75, 3.05) is 0 Å². The molecule has 0 aliphatic heterocycles. The molecular formula is C21H20N2O3. The quantitative estimate of drug-likeness (QED) is 0.679. The van der Waals surface area contributed by atoms with Gasteiger partial charge in [0.25, 0.3) is 0 Å². The molecule has 26 heavy (non-hydrogen) atoms. The number of aromatic carboxylic acids is 1. The monoisotopic (exact) mass is 348 g/mol. The molecule has 3 rings (SSSR count). The van der Waals surface area contributed by atoms with Gasteiger partial charge in [0.1, 0.15) is 11.3 Å². The predicted octanol–water partition coefficient (Wildman–Crippen LogP) is 4.56. The van der Waals surface area contributed by atoms with Crippen LogP contribution in [0.4, 0.5) is 5.69 Å². The number of carboxylic acid groups (broad SMARTS) is 1. The van der Waals surface area contributed by atoms with E-state index in [9.17, 15) is 9.90 Å². The van der Waals surface area contributed by atoms with Gasteiger partial charge in [-0.2, -0.15) is 0 Å². The summed E-state index contributed by atoms with van der Waals surface area (Å²) in [5.41, 5.74) is 5.69. The predicted molar refractivity (Wildman–Crippen MR) is 102 cm³/mol. The van der Waals surface area contributed by atoms with Crippen molar-refractivity contribution in [2.45, 2.75) is 20.8 Å². The minimum absolute atomic E-state index is 0.162. The Bertz CT molecular complexity index is 1020. The Morgan fingerprint density at radius 3 is 2.54 bits per heavy atom. The van der Waals surface area contributed by atoms with Gasteiger partial charge in [-0.15, -0.1) is 0 Å². The van der Waals surface area contributed by atoms with Crippen molar-refractivity contribution in [1.29, 1.82) is 0 Å². The van der Waals surface area contributed by atoms with E-state index in [2.05, 4.69) is 34.7 Å². The first-order valence-electron chi connectivity index (χ1n) is 8.23. The van der Waals surface area contributed by atoms with Gasteiger partial charge < -0.3 is 14.8 Å². The molecule has 5 nitrogen and oxygen atoms in total. The van der Waals surface area contributed by atoms with Gasteiger partial charge in [-0.3, -0.25) is 4.99 Å². The molecule has 0 fully saturated rings. The van der Waals surface area contributed by atoms with Gasteiger partial charge >= 0.3 is 5.97 Å². The maximum absolute atomic E-state index is 11.1. The van der Waals surface area contributed by atoms with Gasteiger partial charge in [-0.25, -0.2) is 4.79 Å². The van der Waals surface area contributed by atoms with Crippen LogP contribution in [-0.4, -0.2) is 27.0 Å². The largest absolute Gasteiger partial charge is 0.507 e. The van der Waals surface area contributed by atoms with E-state index in [1.807, 2.05) is 26.0 Å². The van der Waals surface area contributed by atoms with Crippen LogP contribution in [0.5, 0.6) is 5.75 Å². The van der Waals surface area contributed by atoms with Gasteiger partial charge in [0.05, 0.1) is 5.69 Å². The van der Waals surface area contributed by atoms with Crippen LogP contribution in [0, 0.1) is 20.8 Å². The molecule has 0 atom stereocenters. The highest BCUT2D eigenvalue weighted by molar-refractivity contribution is 5.92. The summed E-state index contributed by atoms with van der Waals surface area (Å²) in [5, 5.41) is 18.7. The fourth-order valence-electron chi connectivity index (χ4n) is 3.00. The van der Waals surface area contributed by atoms with E-state index in [1.54, 1.807) is 12.3 Å². The van der Waals surface area contributed by atoms with E-state index >= 15 is 0 Å². The molecule has 1 aromatic heterocycles. The SMILES string of the molecule is Cc1cccc(-n2c(C)cc(C=Nc3ccc(O)c(C(=O)O)c3)c2C)c1. The van der Waals surface area contributed by atoms with Gasteiger partial charge in [-0.1, -0.05) is 12.1 Å². The van der Waals surface area contributed by atoms with E-state index in [0.29, 0.717) is 5.69 Å². The Hall–Kier alpha value is -3.34. The first-order chi connectivity index (χ1) is 12.4. The van der Waals surface area contributed by atoms with E-state index < -0.39 is 5.97 Å². The lowest BCUT2D eigenvalue weighted by Crippen LogP contribution is -1.99. The summed E-state index contributed by atoms with van der Waals surface area (Å²) in [7, 11) is 0. The highest BCUT2D eigenvalue weighted by Crippen LogP contribution is 2.24. The maximum atomic E-state index is 11.1. The molecule has 0 bridgehead atoms. The number of aryl methyl sites for hydroxylation is 2. The number of hydrogen-bond donors (Lipinski definition) is 2. The Balaban J connectivity index is 1.97. The Kier molecular flexibility index (Phi) is 4.63. The molecule has 2 aromatic carbocycles. The highest BCUT2D eigenvalue weighted by Gasteiger charge is 2.11. The summed E-state index contributed by atoms with van der Waals surface area (Å²) in [4.78, 5) is 15.5. The molecule has 0 amide bonds. The molecule has 132 valence electrons. The van der Waals surface area contributed by atoms with E-state index in [1.165, 1.54) is 17.7 Å². The molecule has 0 aliphatic carbocycles. The lowest BCUT2D eigenvalue weighted by atomic mass is 10.2. The van der Waals surface area contributed by atoms with E-state index in [-0.39, 0.29) is 11.3 Å². The molecule has 0 radical (unpaired) electrons. The van der Waals surface area contributed by atoms with Crippen molar-refractivity contribution >= 4 is 17.9 Å². The Labute approximate surface area is 151 Å². The van der Waals surface area contributed by atoms with Crippen LogP contribution in [0.25, 0.3) is 5.69 Å². The lowest BCUT2D eigenvalue weighted by molar-refractivity contribution is 0.0694. The molecular weight excluding hydrogens is 328 g/mol. The van der Waals surface area contributed by atoms with E-state index in [0.717, 1.165) is 22.6 Å². The molecule has 0 unspecified atom stereocenters. The average Bonchev–Trinajstić information content (AvgIpc) is 2.87. The van der Waals surface area contributed by atoms with E-state index in [4.69, 9.17) is 5.11 Å². The minimum atomic E-state index is -1.18. The van der Waals surface area contributed by atoms with Gasteiger partial charge in [0, 0.05) is 28.9 Å². The highest BCUT2D eigenvalue weighted by atomic mass is 16.4. The van der Waals surface area contributed by atoms with Crippen molar-refractivity contribution in [3.8, 4) is 11.4 Å². The third-order valence-electron chi connectivity index (χ3n) is 4.29. The molecule has 0 saturated carbocycles. The standard InChI is InChI=1S/C21H20N2O3/c1-13-5-4-6-18(9-13)23-14(2)10-16(15(23)3)12-22-17-7-8-20(24)19(11-17)21(25)26/h4-12,24H,1-3H3,(H,25,26). The second-order valence-electron chi connectivity index (χ2n) is 6.27. The Morgan fingerprint density at radius 1 is 1.08 bits per heavy atom. The number of phenols is 1. The molecule has 1 heterocycles. The number of aliphatic imine (C=N–C) groups is 1. The lowest BCUT2D eigenvalue weighted by Gasteiger charge is -2.10. The number of benzene rings is 2. The zero-order chi connectivity index (χ0) is 18.8. The van der Waals surface area contributed by atoms with Crippen molar-refractivity contribution in [2.24, 2.45) is 4.99 Å². The molecule has 3 aromatic rings. The van der Waals surface area contributed by atoms with Crippen molar-refractivity contribution in [3.05, 3.63) is 76.6 Å². The molecule has 0 aliphatic rings. The number of aromatic hydroxyl groups is 1. The zero-order valence-electron chi connectivity index (χ0n) is 14.9. The van der Waals surface area contributed by atoms with Gasteiger partial charge in [-0.05, 0) is 62.7 Å². The smallest absolute Gasteiger partial charge is 0.339 e. The Morgan fingerprint density at radius 2 is 1.85 bits per heavy atom. The number of carbonyl (C=O) groups is 1. The third kappa shape index (κ3) is 3.37. The van der Waals surface area contributed by atoms with Crippen molar-refractivity contribution in [3.63, 3.8) is 0 Å². The second-order valence-corrected chi connectivity index (χ2v) is 6.27. The number of hydrogen-bond acceptors (Lipinski definition) is 3.